The van der Waals surface area contributed by atoms with E-state index >= 15 is 0 Å². The summed E-state index contributed by atoms with van der Waals surface area (Å²) < 4.78 is 0. The monoisotopic (exact) mass is 246 g/mol. The molecule has 5 aliphatic carbocycles. The van der Waals surface area contributed by atoms with Gasteiger partial charge in [-0.25, -0.2) is 0 Å². The first-order valence-electron chi connectivity index (χ1n) is 8.59. The van der Waals surface area contributed by atoms with Gasteiger partial charge in [0, 0.05) is 0 Å². The summed E-state index contributed by atoms with van der Waals surface area (Å²) in [6.07, 6.45) is 15.6. The van der Waals surface area contributed by atoms with Gasteiger partial charge in [0.1, 0.15) is 0 Å². The summed E-state index contributed by atoms with van der Waals surface area (Å²) in [6.45, 7) is 5.37. The Bertz CT molecular complexity index is 300. The van der Waals surface area contributed by atoms with Crippen LogP contribution in [0.25, 0.3) is 0 Å². The van der Waals surface area contributed by atoms with Crippen molar-refractivity contribution in [3.63, 3.8) is 0 Å². The van der Waals surface area contributed by atoms with Gasteiger partial charge in [0.2, 0.25) is 0 Å². The van der Waals surface area contributed by atoms with Gasteiger partial charge < -0.3 is 0 Å². The maximum absolute atomic E-state index is 2.68. The van der Waals surface area contributed by atoms with Crippen LogP contribution in [0.3, 0.4) is 0 Å². The molecule has 0 unspecified atom stereocenters. The third kappa shape index (κ3) is 1.56. The molecule has 0 N–H and O–H groups in total. The summed E-state index contributed by atoms with van der Waals surface area (Å²) in [6, 6.07) is 0. The van der Waals surface area contributed by atoms with Gasteiger partial charge >= 0.3 is 0 Å². The van der Waals surface area contributed by atoms with Crippen molar-refractivity contribution in [3.05, 3.63) is 0 Å². The topological polar surface area (TPSA) is 0 Å². The van der Waals surface area contributed by atoms with E-state index in [-0.39, 0.29) is 0 Å². The molecule has 0 aromatic carbocycles. The second-order valence-corrected chi connectivity index (χ2v) is 8.97. The van der Waals surface area contributed by atoms with Crippen LogP contribution in [0.2, 0.25) is 0 Å². The molecule has 4 bridgehead atoms. The highest BCUT2D eigenvalue weighted by Gasteiger charge is 2.61. The van der Waals surface area contributed by atoms with Crippen molar-refractivity contribution in [3.8, 4) is 0 Å². The lowest BCUT2D eigenvalue weighted by Gasteiger charge is -2.67. The van der Waals surface area contributed by atoms with Crippen molar-refractivity contribution in [1.29, 1.82) is 0 Å². The second-order valence-electron chi connectivity index (χ2n) is 8.97. The van der Waals surface area contributed by atoms with Crippen molar-refractivity contribution in [1.82, 2.24) is 0 Å². The summed E-state index contributed by atoms with van der Waals surface area (Å²) in [4.78, 5) is 0. The van der Waals surface area contributed by atoms with Crippen LogP contribution in [0, 0.1) is 34.5 Å². The van der Waals surface area contributed by atoms with E-state index in [1.165, 1.54) is 19.3 Å². The molecular formula is C18H30. The van der Waals surface area contributed by atoms with Crippen molar-refractivity contribution >= 4 is 0 Å². The summed E-state index contributed by atoms with van der Waals surface area (Å²) >= 11 is 0. The van der Waals surface area contributed by atoms with E-state index < -0.39 is 0 Å². The maximum Gasteiger partial charge on any atom is -0.0277 e. The quantitative estimate of drug-likeness (QED) is 0.579. The van der Waals surface area contributed by atoms with Crippen LogP contribution in [0.5, 0.6) is 0 Å². The van der Waals surface area contributed by atoms with Crippen molar-refractivity contribution in [2.24, 2.45) is 34.5 Å². The summed E-state index contributed by atoms with van der Waals surface area (Å²) in [7, 11) is 0. The molecule has 0 amide bonds. The van der Waals surface area contributed by atoms with E-state index in [0.717, 1.165) is 34.5 Å². The van der Waals surface area contributed by atoms with Gasteiger partial charge in [-0.15, -0.1) is 0 Å². The molecule has 0 radical (unpaired) electrons. The highest BCUT2D eigenvalue weighted by molar-refractivity contribution is 5.10. The molecule has 5 fully saturated rings. The first-order chi connectivity index (χ1) is 8.59. The normalized spacial score (nSPS) is 56.0. The molecule has 0 aliphatic heterocycles. The Morgan fingerprint density at radius 1 is 0.722 bits per heavy atom. The smallest absolute Gasteiger partial charge is 0.0277 e. The van der Waals surface area contributed by atoms with Gasteiger partial charge in [0.25, 0.3) is 0 Å². The largest absolute Gasteiger partial charge is 0.0593 e. The molecule has 0 saturated heterocycles. The molecule has 5 saturated carbocycles. The minimum atomic E-state index is 0.737. The number of rotatable bonds is 1. The van der Waals surface area contributed by atoms with Crippen LogP contribution in [0.1, 0.15) is 78.1 Å². The first-order valence-corrected chi connectivity index (χ1v) is 8.59. The molecule has 0 atom stereocenters. The molecule has 102 valence electrons. The average Bonchev–Trinajstić information content (AvgIpc) is 2.26. The van der Waals surface area contributed by atoms with Gasteiger partial charge in [0.15, 0.2) is 0 Å². The predicted octanol–water partition coefficient (Wildman–Crippen LogP) is 5.42. The van der Waals surface area contributed by atoms with Crippen molar-refractivity contribution < 1.29 is 0 Å². The fourth-order valence-corrected chi connectivity index (χ4v) is 7.71. The Morgan fingerprint density at radius 3 is 1.72 bits per heavy atom. The first kappa shape index (κ1) is 11.8. The molecule has 5 aliphatic rings. The van der Waals surface area contributed by atoms with Crippen LogP contribution in [0.4, 0.5) is 0 Å². The molecular weight excluding hydrogens is 216 g/mol. The minimum absolute atomic E-state index is 0.737. The van der Waals surface area contributed by atoms with Crippen LogP contribution < -0.4 is 0 Å². The summed E-state index contributed by atoms with van der Waals surface area (Å²) in [5.41, 5.74) is 1.47. The van der Waals surface area contributed by atoms with Gasteiger partial charge in [-0.3, -0.25) is 0 Å². The fourth-order valence-electron chi connectivity index (χ4n) is 7.71. The zero-order valence-electron chi connectivity index (χ0n) is 12.4. The third-order valence-corrected chi connectivity index (χ3v) is 7.31. The average molecular weight is 246 g/mol. The van der Waals surface area contributed by atoms with Crippen molar-refractivity contribution in [2.75, 3.05) is 0 Å². The lowest BCUT2D eigenvalue weighted by atomic mass is 9.38. The van der Waals surface area contributed by atoms with Crippen LogP contribution >= 0.6 is 0 Å². The zero-order chi connectivity index (χ0) is 12.4. The Labute approximate surface area is 113 Å². The molecule has 18 heavy (non-hydrogen) atoms. The van der Waals surface area contributed by atoms with E-state index in [1.807, 2.05) is 0 Å². The minimum Gasteiger partial charge on any atom is -0.0593 e. The Kier molecular flexibility index (Phi) is 2.47. The lowest BCUT2D eigenvalue weighted by Crippen LogP contribution is -2.58. The molecule has 0 heterocycles. The van der Waals surface area contributed by atoms with E-state index in [9.17, 15) is 0 Å². The number of hydrogen-bond donors (Lipinski definition) is 0. The van der Waals surface area contributed by atoms with E-state index in [1.54, 1.807) is 44.9 Å². The van der Waals surface area contributed by atoms with Crippen LogP contribution in [-0.4, -0.2) is 0 Å². The molecule has 5 rings (SSSR count). The van der Waals surface area contributed by atoms with E-state index in [4.69, 9.17) is 0 Å². The van der Waals surface area contributed by atoms with E-state index in [0.29, 0.717) is 0 Å². The Balaban J connectivity index is 1.68. The Morgan fingerprint density at radius 2 is 1.22 bits per heavy atom. The van der Waals surface area contributed by atoms with Gasteiger partial charge in [-0.1, -0.05) is 46.0 Å². The molecule has 0 aromatic rings. The SMILES string of the molecule is CC12CC3CC(C1)CC(C)(C3)C2C1CCCCC1. The van der Waals surface area contributed by atoms with Gasteiger partial charge in [-0.2, -0.15) is 0 Å². The van der Waals surface area contributed by atoms with Gasteiger partial charge in [0.05, 0.1) is 0 Å². The molecule has 0 nitrogen and oxygen atoms in total. The fraction of sp³-hybridized carbons (Fsp3) is 1.00. The standard InChI is InChI=1S/C18H30/c1-17-9-13-8-14(10-17)12-18(2,11-13)16(17)15-6-4-3-5-7-15/h13-16H,3-12H2,1-2H3. The van der Waals surface area contributed by atoms with Crippen LogP contribution in [0.15, 0.2) is 0 Å². The summed E-state index contributed by atoms with van der Waals surface area (Å²) in [5.74, 6) is 4.38. The molecule has 0 aromatic heterocycles. The third-order valence-electron chi connectivity index (χ3n) is 7.31. The van der Waals surface area contributed by atoms with Crippen molar-refractivity contribution in [2.45, 2.75) is 78.1 Å². The summed E-state index contributed by atoms with van der Waals surface area (Å²) in [5, 5.41) is 0. The highest BCUT2D eigenvalue weighted by Crippen LogP contribution is 2.70. The molecule has 0 heteroatoms. The second kappa shape index (κ2) is 3.76. The maximum atomic E-state index is 2.68. The highest BCUT2D eigenvalue weighted by atomic mass is 14.7. The lowest BCUT2D eigenvalue weighted by molar-refractivity contribution is -0.175. The Hall–Kier alpha value is 0. The molecule has 0 spiro atoms. The predicted molar refractivity (Wildman–Crippen MR) is 76.3 cm³/mol. The van der Waals surface area contributed by atoms with Gasteiger partial charge in [-0.05, 0) is 66.6 Å². The van der Waals surface area contributed by atoms with Crippen LogP contribution in [-0.2, 0) is 0 Å². The number of hydrogen-bond acceptors (Lipinski definition) is 0. The zero-order valence-corrected chi connectivity index (χ0v) is 12.4. The van der Waals surface area contributed by atoms with E-state index in [2.05, 4.69) is 13.8 Å².